The van der Waals surface area contributed by atoms with E-state index in [-0.39, 0.29) is 11.9 Å². The summed E-state index contributed by atoms with van der Waals surface area (Å²) in [7, 11) is 0. The first-order valence-corrected chi connectivity index (χ1v) is 3.96. The maximum Gasteiger partial charge on any atom is 0.220 e. The summed E-state index contributed by atoms with van der Waals surface area (Å²) in [6.45, 7) is 2.34. The molecule has 1 heterocycles. The number of nitrogens with zero attached hydrogens (tertiary/aromatic N) is 1. The zero-order valence-corrected chi connectivity index (χ0v) is 6.49. The second-order valence-electron chi connectivity index (χ2n) is 3.46. The third-order valence-corrected chi connectivity index (χ3v) is 2.75. The summed E-state index contributed by atoms with van der Waals surface area (Å²) in [6.07, 6.45) is 2.06. The quantitative estimate of drug-likeness (QED) is 0.499. The first-order chi connectivity index (χ1) is 5.24. The van der Waals surface area contributed by atoms with Gasteiger partial charge in [-0.25, -0.2) is 0 Å². The number of amides is 1. The summed E-state index contributed by atoms with van der Waals surface area (Å²) in [4.78, 5) is 23.2. The van der Waals surface area contributed by atoms with Crippen LogP contribution in [0.2, 0.25) is 0 Å². The molecule has 0 bridgehead atoms. The van der Waals surface area contributed by atoms with Crippen LogP contribution in [-0.2, 0) is 9.59 Å². The third-order valence-electron chi connectivity index (χ3n) is 2.75. The molecule has 2 aliphatic rings. The Morgan fingerprint density at radius 1 is 1.64 bits per heavy atom. The van der Waals surface area contributed by atoms with Crippen LogP contribution in [0.4, 0.5) is 0 Å². The summed E-state index contributed by atoms with van der Waals surface area (Å²) in [5.41, 5.74) is 0. The number of aldehydes is 1. The fraction of sp³-hybridized carbons (Fsp3) is 0.750. The van der Waals surface area contributed by atoms with Crippen LogP contribution in [0.25, 0.3) is 0 Å². The molecule has 2 fully saturated rings. The minimum absolute atomic E-state index is 0.0364. The number of piperidine rings is 1. The highest BCUT2D eigenvalue weighted by atomic mass is 16.2. The minimum Gasteiger partial charge on any atom is -0.333 e. The van der Waals surface area contributed by atoms with Gasteiger partial charge in [0.25, 0.3) is 0 Å². The van der Waals surface area contributed by atoms with Gasteiger partial charge < -0.3 is 9.69 Å². The molecule has 3 atom stereocenters. The topological polar surface area (TPSA) is 37.4 Å². The van der Waals surface area contributed by atoms with Crippen LogP contribution in [0.3, 0.4) is 0 Å². The largest absolute Gasteiger partial charge is 0.333 e. The van der Waals surface area contributed by atoms with Crippen molar-refractivity contribution in [2.45, 2.75) is 19.4 Å². The van der Waals surface area contributed by atoms with Gasteiger partial charge in [-0.2, -0.15) is 0 Å². The second-order valence-corrected chi connectivity index (χ2v) is 3.46. The molecular weight excluding hydrogens is 142 g/mol. The van der Waals surface area contributed by atoms with Crippen LogP contribution in [0, 0.1) is 11.8 Å². The standard InChI is InChI=1S/C8H11NO2/c1-5(11)9-3-6-2-7(6)8(9)4-10/h4,6-8H,2-3H2,1H3/t6-,7-,8+/m0/s1. The van der Waals surface area contributed by atoms with Crippen molar-refractivity contribution in [3.05, 3.63) is 0 Å². The van der Waals surface area contributed by atoms with Gasteiger partial charge in [-0.1, -0.05) is 0 Å². The average Bonchev–Trinajstić information content (AvgIpc) is 2.63. The Labute approximate surface area is 65.4 Å². The highest BCUT2D eigenvalue weighted by molar-refractivity contribution is 5.79. The van der Waals surface area contributed by atoms with E-state index < -0.39 is 0 Å². The van der Waals surface area contributed by atoms with Crippen LogP contribution in [0.1, 0.15) is 13.3 Å². The van der Waals surface area contributed by atoms with Gasteiger partial charge >= 0.3 is 0 Å². The van der Waals surface area contributed by atoms with E-state index >= 15 is 0 Å². The summed E-state index contributed by atoms with van der Waals surface area (Å²) in [6, 6.07) is -0.0995. The molecule has 0 aromatic rings. The molecule has 1 saturated heterocycles. The maximum atomic E-state index is 10.9. The molecule has 1 saturated carbocycles. The molecule has 1 aliphatic heterocycles. The number of rotatable bonds is 1. The average molecular weight is 153 g/mol. The van der Waals surface area contributed by atoms with Gasteiger partial charge in [-0.3, -0.25) is 4.79 Å². The monoisotopic (exact) mass is 153 g/mol. The van der Waals surface area contributed by atoms with Crippen LogP contribution < -0.4 is 0 Å². The Morgan fingerprint density at radius 2 is 2.36 bits per heavy atom. The molecule has 11 heavy (non-hydrogen) atoms. The second kappa shape index (κ2) is 2.06. The number of carbonyl (C=O) groups is 2. The zero-order valence-electron chi connectivity index (χ0n) is 6.49. The van der Waals surface area contributed by atoms with Gasteiger partial charge in [-0.15, -0.1) is 0 Å². The van der Waals surface area contributed by atoms with E-state index in [0.717, 1.165) is 19.3 Å². The Kier molecular flexibility index (Phi) is 1.28. The number of fused-ring (bicyclic) bond motifs is 1. The summed E-state index contributed by atoms with van der Waals surface area (Å²) >= 11 is 0. The Bertz CT molecular complexity index is 214. The maximum absolute atomic E-state index is 10.9. The van der Waals surface area contributed by atoms with Crippen molar-refractivity contribution in [1.29, 1.82) is 0 Å². The molecule has 3 heteroatoms. The first-order valence-electron chi connectivity index (χ1n) is 3.96. The lowest BCUT2D eigenvalue weighted by Gasteiger charge is -2.21. The SMILES string of the molecule is CC(=O)N1C[C@@H]2C[C@@H]2[C@H]1C=O. The molecule has 2 rings (SSSR count). The first kappa shape index (κ1) is 6.83. The van der Waals surface area contributed by atoms with Gasteiger partial charge in [0.05, 0.1) is 6.04 Å². The number of hydrogen-bond donors (Lipinski definition) is 0. The van der Waals surface area contributed by atoms with E-state index in [0.29, 0.717) is 11.8 Å². The van der Waals surface area contributed by atoms with Crippen LogP contribution in [0.5, 0.6) is 0 Å². The molecule has 1 aliphatic carbocycles. The van der Waals surface area contributed by atoms with Gasteiger partial charge in [0.2, 0.25) is 5.91 Å². The Morgan fingerprint density at radius 3 is 2.82 bits per heavy atom. The van der Waals surface area contributed by atoms with Crippen molar-refractivity contribution < 1.29 is 9.59 Å². The Hall–Kier alpha value is -0.860. The number of likely N-dealkylation sites (tertiary alicyclic amines) is 1. The summed E-state index contributed by atoms with van der Waals surface area (Å²) in [5, 5.41) is 0. The predicted molar refractivity (Wildman–Crippen MR) is 38.8 cm³/mol. The summed E-state index contributed by atoms with van der Waals surface area (Å²) < 4.78 is 0. The zero-order chi connectivity index (χ0) is 8.01. The molecule has 0 aromatic heterocycles. The van der Waals surface area contributed by atoms with Crippen LogP contribution >= 0.6 is 0 Å². The van der Waals surface area contributed by atoms with Gasteiger partial charge in [0.1, 0.15) is 6.29 Å². The normalized spacial score (nSPS) is 40.1. The smallest absolute Gasteiger partial charge is 0.220 e. The minimum atomic E-state index is -0.0995. The van der Waals surface area contributed by atoms with Crippen LogP contribution in [-0.4, -0.2) is 29.7 Å². The van der Waals surface area contributed by atoms with E-state index in [4.69, 9.17) is 0 Å². The van der Waals surface area contributed by atoms with Crippen molar-refractivity contribution in [2.75, 3.05) is 6.54 Å². The predicted octanol–water partition coefficient (Wildman–Crippen LogP) is 0.0521. The highest BCUT2D eigenvalue weighted by Crippen LogP contribution is 2.48. The molecule has 3 nitrogen and oxygen atoms in total. The summed E-state index contributed by atoms with van der Waals surface area (Å²) in [5.74, 6) is 1.17. The van der Waals surface area contributed by atoms with Crippen molar-refractivity contribution >= 4 is 12.2 Å². The van der Waals surface area contributed by atoms with Crippen molar-refractivity contribution in [3.63, 3.8) is 0 Å². The molecule has 60 valence electrons. The molecule has 0 spiro atoms. The fourth-order valence-electron chi connectivity index (χ4n) is 2.02. The highest BCUT2D eigenvalue weighted by Gasteiger charge is 2.53. The van der Waals surface area contributed by atoms with Crippen molar-refractivity contribution in [1.82, 2.24) is 4.90 Å². The van der Waals surface area contributed by atoms with E-state index in [9.17, 15) is 9.59 Å². The van der Waals surface area contributed by atoms with Crippen molar-refractivity contribution in [3.8, 4) is 0 Å². The van der Waals surface area contributed by atoms with Gasteiger partial charge in [0.15, 0.2) is 0 Å². The van der Waals surface area contributed by atoms with Crippen molar-refractivity contribution in [2.24, 2.45) is 11.8 Å². The van der Waals surface area contributed by atoms with E-state index in [1.165, 1.54) is 6.92 Å². The van der Waals surface area contributed by atoms with Crippen LogP contribution in [0.15, 0.2) is 0 Å². The molecule has 0 unspecified atom stereocenters. The lowest BCUT2D eigenvalue weighted by atomic mass is 10.2. The lowest BCUT2D eigenvalue weighted by Crippen LogP contribution is -2.37. The van der Waals surface area contributed by atoms with Gasteiger partial charge in [-0.05, 0) is 18.3 Å². The Balaban J connectivity index is 2.12. The molecular formula is C8H11NO2. The third kappa shape index (κ3) is 0.870. The fourth-order valence-corrected chi connectivity index (χ4v) is 2.02. The molecule has 0 aromatic carbocycles. The van der Waals surface area contributed by atoms with E-state index in [2.05, 4.69) is 0 Å². The number of hydrogen-bond acceptors (Lipinski definition) is 2. The van der Waals surface area contributed by atoms with E-state index in [1.807, 2.05) is 0 Å². The van der Waals surface area contributed by atoms with E-state index in [1.54, 1.807) is 4.90 Å². The molecule has 0 N–H and O–H groups in total. The van der Waals surface area contributed by atoms with Gasteiger partial charge in [0, 0.05) is 13.5 Å². The molecule has 1 amide bonds. The molecule has 0 radical (unpaired) electrons. The number of carbonyl (C=O) groups excluding carboxylic acids is 2. The lowest BCUT2D eigenvalue weighted by molar-refractivity contribution is -0.133.